The molecule has 0 N–H and O–H groups in total. The molecule has 0 bridgehead atoms. The van der Waals surface area contributed by atoms with Crippen LogP contribution in [-0.4, -0.2) is 101 Å². The number of nitrogens with zero attached hydrogens (tertiary/aromatic N) is 1. The van der Waals surface area contributed by atoms with Gasteiger partial charge in [0.1, 0.15) is 0 Å². The van der Waals surface area contributed by atoms with Crippen LogP contribution in [0.3, 0.4) is 0 Å². The van der Waals surface area contributed by atoms with E-state index in [1.54, 1.807) is 0 Å². The topological polar surface area (TPSA) is 49.4 Å². The highest BCUT2D eigenvalue weighted by molar-refractivity contribution is 7.38. The molecule has 194 valence electrons. The van der Waals surface area contributed by atoms with E-state index in [1.165, 1.54) is 37.7 Å². The number of rotatable bonds is 25. The summed E-state index contributed by atoms with van der Waals surface area (Å²) in [6.45, 7) is 19.6. The summed E-state index contributed by atoms with van der Waals surface area (Å²) >= 11 is 0. The highest BCUT2D eigenvalue weighted by Crippen LogP contribution is 2.17. The zero-order valence-corrected chi connectivity index (χ0v) is 23.8. The fourth-order valence-corrected chi connectivity index (χ4v) is 5.61. The Labute approximate surface area is 202 Å². The molecule has 2 unspecified atom stereocenters. The van der Waals surface area contributed by atoms with Crippen molar-refractivity contribution in [3.63, 3.8) is 0 Å². The second-order valence-corrected chi connectivity index (χ2v) is 10.9. The Bertz CT molecular complexity index is 342. The minimum absolute atomic E-state index is 0.0276. The first-order valence-electron chi connectivity index (χ1n) is 12.8. The second-order valence-electron chi connectivity index (χ2n) is 7.87. The smallest absolute Gasteiger partial charge is 0.157 e. The van der Waals surface area contributed by atoms with Crippen LogP contribution < -0.4 is 0 Å². The van der Waals surface area contributed by atoms with Crippen molar-refractivity contribution < 1.29 is 23.7 Å². The van der Waals surface area contributed by atoms with Crippen molar-refractivity contribution in [2.45, 2.75) is 79.5 Å². The van der Waals surface area contributed by atoms with Gasteiger partial charge in [0, 0.05) is 65.5 Å². The van der Waals surface area contributed by atoms with E-state index in [1.807, 2.05) is 27.7 Å². The summed E-state index contributed by atoms with van der Waals surface area (Å²) < 4.78 is 28.4. The lowest BCUT2D eigenvalue weighted by atomic mass is 10.4. The molecule has 6 nitrogen and oxygen atoms in total. The van der Waals surface area contributed by atoms with Gasteiger partial charge in [0.25, 0.3) is 0 Å². The van der Waals surface area contributed by atoms with Gasteiger partial charge in [0.15, 0.2) is 12.6 Å². The van der Waals surface area contributed by atoms with Crippen LogP contribution in [0.5, 0.6) is 0 Å². The average molecular weight is 498 g/mol. The van der Waals surface area contributed by atoms with E-state index in [-0.39, 0.29) is 12.6 Å². The fraction of sp³-hybridized carbons (Fsp3) is 1.00. The number of ether oxygens (including phenoxy) is 5. The molecule has 32 heavy (non-hydrogen) atoms. The Kier molecular flexibility index (Phi) is 25.2. The lowest BCUT2D eigenvalue weighted by Gasteiger charge is -2.23. The minimum Gasteiger partial charge on any atom is -0.379 e. The van der Waals surface area contributed by atoms with Crippen LogP contribution >= 0.6 is 17.2 Å². The maximum absolute atomic E-state index is 5.74. The molecule has 0 heterocycles. The maximum Gasteiger partial charge on any atom is 0.157 e. The summed E-state index contributed by atoms with van der Waals surface area (Å²) in [6, 6.07) is 0. The van der Waals surface area contributed by atoms with Gasteiger partial charge >= 0.3 is 0 Å². The molecule has 0 aromatic rings. The molecule has 0 saturated heterocycles. The lowest BCUT2D eigenvalue weighted by Crippen LogP contribution is -2.30. The van der Waals surface area contributed by atoms with Gasteiger partial charge in [-0.3, -0.25) is 0 Å². The van der Waals surface area contributed by atoms with Crippen molar-refractivity contribution in [2.75, 3.05) is 77.3 Å². The van der Waals surface area contributed by atoms with Crippen LogP contribution in [0.4, 0.5) is 0 Å². The van der Waals surface area contributed by atoms with Crippen LogP contribution in [0.1, 0.15) is 60.8 Å². The Balaban J connectivity index is 4.17. The van der Waals surface area contributed by atoms with Gasteiger partial charge in [-0.2, -0.15) is 0 Å². The summed E-state index contributed by atoms with van der Waals surface area (Å²) in [5, 5.41) is 0. The van der Waals surface area contributed by atoms with Crippen LogP contribution in [-0.2, 0) is 23.7 Å². The van der Waals surface area contributed by atoms with Crippen LogP contribution in [0.2, 0.25) is 0 Å². The highest BCUT2D eigenvalue weighted by Gasteiger charge is 2.10. The molecular formula is C24H53NO5P2. The summed E-state index contributed by atoms with van der Waals surface area (Å²) in [7, 11) is 1.93. The SMILES string of the molecule is CCOC(CCPCCN(CCCOC(C)C)CCPCCC(OCC)OCC)OCC. The third-order valence-electron chi connectivity index (χ3n) is 4.80. The second kappa shape index (κ2) is 24.7. The van der Waals surface area contributed by atoms with Crippen LogP contribution in [0, 0.1) is 0 Å². The zero-order chi connectivity index (χ0) is 23.9. The van der Waals surface area contributed by atoms with Gasteiger partial charge in [0.05, 0.1) is 6.10 Å². The van der Waals surface area contributed by atoms with Crippen molar-refractivity contribution in [1.82, 2.24) is 4.90 Å². The molecule has 0 radical (unpaired) electrons. The van der Waals surface area contributed by atoms with Gasteiger partial charge in [-0.15, -0.1) is 17.2 Å². The van der Waals surface area contributed by atoms with Gasteiger partial charge in [-0.25, -0.2) is 0 Å². The van der Waals surface area contributed by atoms with Gasteiger partial charge in [-0.05, 0) is 72.6 Å². The molecule has 0 aromatic carbocycles. The maximum atomic E-state index is 5.74. The first-order valence-corrected chi connectivity index (χ1v) is 15.6. The Morgan fingerprint density at radius 2 is 1.03 bits per heavy atom. The Hall–Kier alpha value is 0.620. The molecular weight excluding hydrogens is 444 g/mol. The van der Waals surface area contributed by atoms with E-state index < -0.39 is 0 Å². The molecule has 0 aliphatic heterocycles. The molecule has 8 heteroatoms. The Morgan fingerprint density at radius 1 is 0.594 bits per heavy atom. The summed E-state index contributed by atoms with van der Waals surface area (Å²) in [4.78, 5) is 2.63. The third kappa shape index (κ3) is 21.2. The van der Waals surface area contributed by atoms with E-state index in [0.717, 1.165) is 76.0 Å². The molecule has 2 atom stereocenters. The monoisotopic (exact) mass is 497 g/mol. The summed E-state index contributed by atoms with van der Waals surface area (Å²) in [5.41, 5.74) is 0. The predicted molar refractivity (Wildman–Crippen MR) is 142 cm³/mol. The van der Waals surface area contributed by atoms with E-state index in [2.05, 4.69) is 18.7 Å². The van der Waals surface area contributed by atoms with Gasteiger partial charge < -0.3 is 28.6 Å². The zero-order valence-electron chi connectivity index (χ0n) is 21.8. The fourth-order valence-electron chi connectivity index (χ4n) is 3.28. The Morgan fingerprint density at radius 3 is 1.41 bits per heavy atom. The van der Waals surface area contributed by atoms with Gasteiger partial charge in [0.2, 0.25) is 0 Å². The quantitative estimate of drug-likeness (QED) is 0.100. The summed E-state index contributed by atoms with van der Waals surface area (Å²) in [6.07, 6.45) is 8.28. The third-order valence-corrected chi connectivity index (χ3v) is 7.24. The standard InChI is InChI=1S/C24H53NO5P2/c1-7-26-23(27-8-2)12-18-31-20-15-25(14-11-17-30-22(5)6)16-21-32-19-13-24(28-9-3)29-10-4/h22-24,31-32H,7-21H2,1-6H3. The van der Waals surface area contributed by atoms with E-state index in [4.69, 9.17) is 23.7 Å². The first kappa shape index (κ1) is 32.6. The summed E-state index contributed by atoms with van der Waals surface area (Å²) in [5.74, 6) is 0. The van der Waals surface area contributed by atoms with Crippen molar-refractivity contribution in [2.24, 2.45) is 0 Å². The molecule has 0 aromatic heterocycles. The highest BCUT2D eigenvalue weighted by atomic mass is 31.1. The first-order chi connectivity index (χ1) is 15.6. The molecule has 0 spiro atoms. The average Bonchev–Trinajstić information content (AvgIpc) is 2.76. The largest absolute Gasteiger partial charge is 0.379 e. The van der Waals surface area contributed by atoms with Crippen molar-refractivity contribution in [3.05, 3.63) is 0 Å². The lowest BCUT2D eigenvalue weighted by molar-refractivity contribution is -0.136. The normalized spacial score (nSPS) is 12.9. The molecule has 0 aliphatic rings. The minimum atomic E-state index is -0.0276. The predicted octanol–water partition coefficient (Wildman–Crippen LogP) is 5.04. The van der Waals surface area contributed by atoms with Crippen LogP contribution in [0.15, 0.2) is 0 Å². The van der Waals surface area contributed by atoms with Crippen molar-refractivity contribution in [1.29, 1.82) is 0 Å². The number of hydrogen-bond acceptors (Lipinski definition) is 6. The number of hydrogen-bond donors (Lipinski definition) is 0. The molecule has 0 saturated carbocycles. The molecule has 0 amide bonds. The van der Waals surface area contributed by atoms with E-state index >= 15 is 0 Å². The van der Waals surface area contributed by atoms with Crippen molar-refractivity contribution >= 4 is 17.2 Å². The van der Waals surface area contributed by atoms with Crippen LogP contribution in [0.25, 0.3) is 0 Å². The van der Waals surface area contributed by atoms with Gasteiger partial charge in [-0.1, -0.05) is 0 Å². The molecule has 0 fully saturated rings. The molecule has 0 aliphatic carbocycles. The van der Waals surface area contributed by atoms with Crippen molar-refractivity contribution in [3.8, 4) is 0 Å². The van der Waals surface area contributed by atoms with E-state index in [0.29, 0.717) is 6.10 Å². The molecule has 0 rings (SSSR count). The van der Waals surface area contributed by atoms with E-state index in [9.17, 15) is 0 Å².